The molecule has 0 amide bonds. The Hall–Kier alpha value is 0.730. The van der Waals surface area contributed by atoms with Gasteiger partial charge >= 0.3 is 67.3 Å². The number of halogens is 1. The monoisotopic (exact) mass is 204 g/mol. The molecule has 6 nitrogen and oxygen atoms in total. The van der Waals surface area contributed by atoms with Crippen LogP contribution < -0.4 is 44.9 Å². The van der Waals surface area contributed by atoms with E-state index in [1.165, 1.54) is 0 Å². The van der Waals surface area contributed by atoms with Gasteiger partial charge in [0.1, 0.15) is 0 Å². The molecule has 0 saturated heterocycles. The number of carbonyl (C=O) groups is 2. The standard InChI is InChI=1S/2CH2O3.Ca.FH.Na/c2*2-1(3)4;;;/h2*(H2,2,3,4);;1H;/q;;+2;;+1/p-3. The molecular formula is C2H2CaFNaO6. The van der Waals surface area contributed by atoms with Crippen LogP contribution in [0.25, 0.3) is 0 Å². The summed E-state index contributed by atoms with van der Waals surface area (Å²) in [4.78, 5) is 16.8. The molecule has 0 fully saturated rings. The second-order valence-corrected chi connectivity index (χ2v) is 0.516. The molecule has 56 valence electrons. The fraction of sp³-hybridized carbons (Fsp3) is 0. The van der Waals surface area contributed by atoms with Crippen molar-refractivity contribution in [3.8, 4) is 0 Å². The number of carbonyl (C=O) groups excluding carboxylic acids is 1. The third kappa shape index (κ3) is 1540. The van der Waals surface area contributed by atoms with E-state index in [-0.39, 0.29) is 72.0 Å². The van der Waals surface area contributed by atoms with E-state index >= 15 is 0 Å². The van der Waals surface area contributed by atoms with Gasteiger partial charge in [0.15, 0.2) is 0 Å². The number of hydrogen-bond acceptors (Lipinski definition) is 5. The van der Waals surface area contributed by atoms with Crippen LogP contribution in [-0.4, -0.2) is 55.2 Å². The maximum absolute atomic E-state index is 8.44. The molecule has 0 aromatic heterocycles. The second-order valence-electron chi connectivity index (χ2n) is 0.516. The molecule has 0 radical (unpaired) electrons. The van der Waals surface area contributed by atoms with Gasteiger partial charge in [-0.3, -0.25) is 4.70 Å². The molecule has 0 aliphatic heterocycles. The van der Waals surface area contributed by atoms with Crippen LogP contribution in [0.4, 0.5) is 14.3 Å². The van der Waals surface area contributed by atoms with Crippen LogP contribution in [0.5, 0.6) is 0 Å². The summed E-state index contributed by atoms with van der Waals surface area (Å²) in [5.74, 6) is 0. The number of hydrogen-bond donors (Lipinski definition) is 1. The fourth-order valence-electron chi connectivity index (χ4n) is 0. The third-order valence-corrected chi connectivity index (χ3v) is 0. The summed E-state index contributed by atoms with van der Waals surface area (Å²) < 4.78 is 0. The zero-order chi connectivity index (χ0) is 7.15. The van der Waals surface area contributed by atoms with Gasteiger partial charge in [0.2, 0.25) is 6.16 Å². The number of carboxylic acid groups (broad SMARTS) is 4. The minimum atomic E-state index is -2.33. The quantitative estimate of drug-likeness (QED) is 0.391. The molecule has 0 heterocycles. The van der Waals surface area contributed by atoms with Gasteiger partial charge in [-0.25, -0.2) is 0 Å². The molecule has 9 heteroatoms. The van der Waals surface area contributed by atoms with E-state index in [1.807, 2.05) is 0 Å². The van der Waals surface area contributed by atoms with E-state index in [0.717, 1.165) is 0 Å². The molecule has 0 bridgehead atoms. The van der Waals surface area contributed by atoms with Crippen LogP contribution in [0.3, 0.4) is 0 Å². The molecule has 0 saturated carbocycles. The van der Waals surface area contributed by atoms with Crippen molar-refractivity contribution >= 4 is 50.0 Å². The summed E-state index contributed by atoms with van der Waals surface area (Å²) >= 11 is 0. The molecule has 0 aromatic rings. The average molecular weight is 204 g/mol. The number of rotatable bonds is 0. The topological polar surface area (TPSA) is 124 Å². The van der Waals surface area contributed by atoms with E-state index in [1.54, 1.807) is 0 Å². The summed E-state index contributed by atoms with van der Waals surface area (Å²) in [5, 5.41) is 32.0. The minimum Gasteiger partial charge on any atom is -0.652 e. The van der Waals surface area contributed by atoms with E-state index in [2.05, 4.69) is 0 Å². The van der Waals surface area contributed by atoms with E-state index in [9.17, 15) is 0 Å². The normalized spacial score (nSPS) is 4.36. The Morgan fingerprint density at radius 2 is 1.09 bits per heavy atom. The Kier molecular flexibility index (Phi) is 60.8. The smallest absolute Gasteiger partial charge is 0.652 e. The first-order chi connectivity index (χ1) is 3.46. The van der Waals surface area contributed by atoms with E-state index in [0.29, 0.717) is 0 Å². The predicted molar refractivity (Wildman–Crippen MR) is 21.7 cm³/mol. The summed E-state index contributed by atoms with van der Waals surface area (Å²) in [6.45, 7) is 0. The van der Waals surface area contributed by atoms with Gasteiger partial charge in [-0.05, 0) is 6.16 Å². The van der Waals surface area contributed by atoms with Crippen molar-refractivity contribution in [3.63, 3.8) is 0 Å². The zero-order valence-corrected chi connectivity index (χ0v) is 9.81. The van der Waals surface area contributed by atoms with Gasteiger partial charge in [-0.2, -0.15) is 0 Å². The molecule has 0 aromatic carbocycles. The largest absolute Gasteiger partial charge is 2.00 e. The van der Waals surface area contributed by atoms with Crippen molar-refractivity contribution in [2.75, 3.05) is 0 Å². The Bertz CT molecular complexity index is 78.6. The minimum absolute atomic E-state index is 0. The first kappa shape index (κ1) is 29.8. The molecule has 1 N–H and O–H groups in total. The van der Waals surface area contributed by atoms with Gasteiger partial charge in [0.05, 0.1) is 0 Å². The Balaban J connectivity index is -0.0000000171. The van der Waals surface area contributed by atoms with Gasteiger partial charge in [-0.1, -0.05) is 0 Å². The van der Waals surface area contributed by atoms with Crippen molar-refractivity contribution in [2.24, 2.45) is 0 Å². The third-order valence-electron chi connectivity index (χ3n) is 0. The Morgan fingerprint density at radius 1 is 1.09 bits per heavy atom. The molecule has 11 heavy (non-hydrogen) atoms. The maximum atomic E-state index is 8.44. The van der Waals surface area contributed by atoms with Crippen LogP contribution in [0.1, 0.15) is 0 Å². The van der Waals surface area contributed by atoms with Crippen LogP contribution in [0.15, 0.2) is 0 Å². The zero-order valence-electron chi connectivity index (χ0n) is 5.60. The predicted octanol–water partition coefficient (Wildman–Crippen LogP) is -6.78. The average Bonchev–Trinajstić information content (AvgIpc) is 1.25. The summed E-state index contributed by atoms with van der Waals surface area (Å²) in [6, 6.07) is 0. The van der Waals surface area contributed by atoms with Gasteiger partial charge < -0.3 is 30.0 Å². The van der Waals surface area contributed by atoms with E-state index < -0.39 is 12.3 Å². The van der Waals surface area contributed by atoms with Gasteiger partial charge in [-0.15, -0.1) is 0 Å². The molecule has 0 atom stereocenters. The SMILES string of the molecule is F.O=C([O-])O.O=C([O-])[O-].[Ca+2].[Na+]. The molecule has 0 aliphatic carbocycles. The molecule has 0 rings (SSSR count). The van der Waals surface area contributed by atoms with Crippen molar-refractivity contribution in [1.29, 1.82) is 0 Å². The summed E-state index contributed by atoms with van der Waals surface area (Å²) in [6.07, 6.45) is -4.42. The van der Waals surface area contributed by atoms with Crippen molar-refractivity contribution in [1.82, 2.24) is 0 Å². The Morgan fingerprint density at radius 3 is 1.09 bits per heavy atom. The van der Waals surface area contributed by atoms with Crippen molar-refractivity contribution < 1.29 is 64.3 Å². The molecular weight excluding hydrogens is 202 g/mol. The first-order valence-electron chi connectivity index (χ1n) is 1.24. The van der Waals surface area contributed by atoms with E-state index in [4.69, 9.17) is 30.0 Å². The first-order valence-corrected chi connectivity index (χ1v) is 1.24. The maximum Gasteiger partial charge on any atom is 2.00 e. The van der Waals surface area contributed by atoms with Crippen LogP contribution in [0, 0.1) is 0 Å². The summed E-state index contributed by atoms with van der Waals surface area (Å²) in [5.41, 5.74) is 0. The van der Waals surface area contributed by atoms with Gasteiger partial charge in [0, 0.05) is 0 Å². The van der Waals surface area contributed by atoms with Crippen LogP contribution in [0.2, 0.25) is 0 Å². The van der Waals surface area contributed by atoms with Gasteiger partial charge in [0.25, 0.3) is 0 Å². The molecule has 0 aliphatic rings. The van der Waals surface area contributed by atoms with Crippen molar-refractivity contribution in [3.05, 3.63) is 0 Å². The second kappa shape index (κ2) is 22.4. The molecule has 0 unspecified atom stereocenters. The van der Waals surface area contributed by atoms with Crippen LogP contribution in [-0.2, 0) is 0 Å². The van der Waals surface area contributed by atoms with Crippen LogP contribution >= 0.6 is 0 Å². The fourth-order valence-corrected chi connectivity index (χ4v) is 0. The van der Waals surface area contributed by atoms with Crippen molar-refractivity contribution in [2.45, 2.75) is 0 Å². The molecule has 0 spiro atoms. The Labute approximate surface area is 113 Å². The summed E-state index contributed by atoms with van der Waals surface area (Å²) in [7, 11) is 0.